The van der Waals surface area contributed by atoms with Crippen molar-refractivity contribution in [1.82, 2.24) is 0 Å². The van der Waals surface area contributed by atoms with Gasteiger partial charge in [-0.3, -0.25) is 0 Å². The summed E-state index contributed by atoms with van der Waals surface area (Å²) in [5.41, 5.74) is 6.40. The highest BCUT2D eigenvalue weighted by molar-refractivity contribution is 7.90. The predicted octanol–water partition coefficient (Wildman–Crippen LogP) is 2.21. The molecule has 2 aromatic carbocycles. The molecule has 0 aliphatic rings. The van der Waals surface area contributed by atoms with Crippen molar-refractivity contribution < 1.29 is 17.9 Å². The van der Waals surface area contributed by atoms with Crippen LogP contribution in [0.25, 0.3) is 11.1 Å². The van der Waals surface area contributed by atoms with Gasteiger partial charge in [-0.25, -0.2) is 13.2 Å². The van der Waals surface area contributed by atoms with Crippen LogP contribution in [-0.2, 0) is 9.84 Å². The molecule has 2 aromatic rings. The van der Waals surface area contributed by atoms with Gasteiger partial charge in [0.1, 0.15) is 5.75 Å². The van der Waals surface area contributed by atoms with E-state index < -0.39 is 15.9 Å². The largest absolute Gasteiger partial charge is 0.410 e. The number of primary amides is 1. The van der Waals surface area contributed by atoms with Gasteiger partial charge in [-0.1, -0.05) is 30.3 Å². The minimum Gasteiger partial charge on any atom is -0.410 e. The minimum absolute atomic E-state index is 0.231. The van der Waals surface area contributed by atoms with Crippen LogP contribution < -0.4 is 10.5 Å². The number of hydrogen-bond acceptors (Lipinski definition) is 4. The van der Waals surface area contributed by atoms with Crippen LogP contribution in [0.3, 0.4) is 0 Å². The molecule has 2 N–H and O–H groups in total. The van der Waals surface area contributed by atoms with Crippen LogP contribution in [0.5, 0.6) is 5.75 Å². The Balaban J connectivity index is 2.44. The summed E-state index contributed by atoms with van der Waals surface area (Å²) in [5.74, 6) is 0.326. The van der Waals surface area contributed by atoms with Gasteiger partial charge in [0.25, 0.3) is 0 Å². The maximum Gasteiger partial charge on any atom is 0.409 e. The van der Waals surface area contributed by atoms with E-state index >= 15 is 0 Å². The highest BCUT2D eigenvalue weighted by atomic mass is 32.2. The molecule has 0 saturated heterocycles. The lowest BCUT2D eigenvalue weighted by molar-refractivity contribution is 0.211. The zero-order chi connectivity index (χ0) is 14.8. The molecule has 104 valence electrons. The molecule has 0 fully saturated rings. The van der Waals surface area contributed by atoms with Gasteiger partial charge >= 0.3 is 6.09 Å². The number of benzene rings is 2. The van der Waals surface area contributed by atoms with Gasteiger partial charge in [-0.2, -0.15) is 0 Å². The lowest BCUT2D eigenvalue weighted by Gasteiger charge is -2.09. The first-order valence-electron chi connectivity index (χ1n) is 5.75. The number of hydrogen-bond donors (Lipinski definition) is 1. The van der Waals surface area contributed by atoms with E-state index in [9.17, 15) is 13.2 Å². The molecule has 0 radical (unpaired) electrons. The van der Waals surface area contributed by atoms with Crippen LogP contribution in [0.2, 0.25) is 0 Å². The van der Waals surface area contributed by atoms with E-state index in [4.69, 9.17) is 10.5 Å². The molecule has 0 aliphatic carbocycles. The van der Waals surface area contributed by atoms with Crippen molar-refractivity contribution in [2.24, 2.45) is 5.73 Å². The van der Waals surface area contributed by atoms with E-state index in [1.165, 1.54) is 12.1 Å². The lowest BCUT2D eigenvalue weighted by atomic mass is 10.1. The Labute approximate surface area is 116 Å². The van der Waals surface area contributed by atoms with E-state index in [-0.39, 0.29) is 4.90 Å². The Morgan fingerprint density at radius 1 is 1.05 bits per heavy atom. The van der Waals surface area contributed by atoms with Crippen molar-refractivity contribution in [2.75, 3.05) is 6.26 Å². The second kappa shape index (κ2) is 5.34. The Kier molecular flexibility index (Phi) is 3.76. The number of carbonyl (C=O) groups is 1. The van der Waals surface area contributed by atoms with Crippen molar-refractivity contribution in [3.05, 3.63) is 48.5 Å². The lowest BCUT2D eigenvalue weighted by Crippen LogP contribution is -2.16. The van der Waals surface area contributed by atoms with Crippen LogP contribution in [0, 0.1) is 0 Å². The number of sulfone groups is 1. The summed E-state index contributed by atoms with van der Waals surface area (Å²) < 4.78 is 27.7. The fourth-order valence-corrected chi connectivity index (χ4v) is 2.41. The molecule has 1 amide bonds. The SMILES string of the molecule is CS(=O)(=O)c1ccc(-c2ccccc2OC(N)=O)cc1. The highest BCUT2D eigenvalue weighted by Crippen LogP contribution is 2.30. The zero-order valence-corrected chi connectivity index (χ0v) is 11.6. The van der Waals surface area contributed by atoms with Gasteiger partial charge in [0.2, 0.25) is 0 Å². The molecule has 0 saturated carbocycles. The summed E-state index contributed by atoms with van der Waals surface area (Å²) in [6.07, 6.45) is 0.247. The maximum atomic E-state index is 11.4. The van der Waals surface area contributed by atoms with E-state index in [0.717, 1.165) is 11.8 Å². The summed E-state index contributed by atoms with van der Waals surface area (Å²) in [7, 11) is -3.24. The number of carbonyl (C=O) groups excluding carboxylic acids is 1. The summed E-state index contributed by atoms with van der Waals surface area (Å²) in [6.45, 7) is 0. The van der Waals surface area contributed by atoms with Gasteiger partial charge in [-0.15, -0.1) is 0 Å². The average molecular weight is 291 g/mol. The van der Waals surface area contributed by atoms with E-state index in [1.807, 2.05) is 0 Å². The molecular weight excluding hydrogens is 278 g/mol. The molecule has 0 aromatic heterocycles. The number of rotatable bonds is 3. The first kappa shape index (κ1) is 14.1. The summed E-state index contributed by atoms with van der Waals surface area (Å²) >= 11 is 0. The number of amides is 1. The Bertz CT molecular complexity index is 736. The fourth-order valence-electron chi connectivity index (χ4n) is 1.78. The summed E-state index contributed by atoms with van der Waals surface area (Å²) in [5, 5.41) is 0. The van der Waals surface area contributed by atoms with Gasteiger partial charge in [0.05, 0.1) is 4.90 Å². The van der Waals surface area contributed by atoms with Gasteiger partial charge in [-0.05, 0) is 23.8 Å². The molecule has 0 heterocycles. The smallest absolute Gasteiger partial charge is 0.409 e. The van der Waals surface area contributed by atoms with Crippen LogP contribution >= 0.6 is 0 Å². The van der Waals surface area contributed by atoms with Crippen LogP contribution in [-0.4, -0.2) is 20.8 Å². The van der Waals surface area contributed by atoms with Gasteiger partial charge in [0, 0.05) is 11.8 Å². The minimum atomic E-state index is -3.24. The summed E-state index contributed by atoms with van der Waals surface area (Å²) in [4.78, 5) is 11.1. The first-order valence-corrected chi connectivity index (χ1v) is 7.64. The quantitative estimate of drug-likeness (QED) is 0.939. The molecule has 20 heavy (non-hydrogen) atoms. The van der Waals surface area contributed by atoms with Crippen LogP contribution in [0.1, 0.15) is 0 Å². The topological polar surface area (TPSA) is 86.5 Å². The maximum absolute atomic E-state index is 11.4. The fraction of sp³-hybridized carbons (Fsp3) is 0.0714. The van der Waals surface area contributed by atoms with Crippen molar-refractivity contribution in [1.29, 1.82) is 0 Å². The molecule has 2 rings (SSSR count). The standard InChI is InChI=1S/C14H13NO4S/c1-20(17,18)11-8-6-10(7-9-11)12-4-2-3-5-13(12)19-14(15)16/h2-9H,1H3,(H2,15,16). The molecule has 6 heteroatoms. The number of nitrogens with two attached hydrogens (primary N) is 1. The highest BCUT2D eigenvalue weighted by Gasteiger charge is 2.10. The van der Waals surface area contributed by atoms with E-state index in [1.54, 1.807) is 36.4 Å². The Morgan fingerprint density at radius 2 is 1.65 bits per heavy atom. The normalized spacial score (nSPS) is 11.1. The third-order valence-corrected chi connectivity index (χ3v) is 3.82. The third-order valence-electron chi connectivity index (χ3n) is 2.69. The van der Waals surface area contributed by atoms with E-state index in [0.29, 0.717) is 11.3 Å². The van der Waals surface area contributed by atoms with Gasteiger partial charge < -0.3 is 10.5 Å². The first-order chi connectivity index (χ1) is 9.38. The molecule has 5 nitrogen and oxygen atoms in total. The van der Waals surface area contributed by atoms with Crippen molar-refractivity contribution >= 4 is 15.9 Å². The Morgan fingerprint density at radius 3 is 2.20 bits per heavy atom. The van der Waals surface area contributed by atoms with Crippen molar-refractivity contribution in [3.8, 4) is 16.9 Å². The number of ether oxygens (including phenoxy) is 1. The Hall–Kier alpha value is -2.34. The molecule has 0 atom stereocenters. The molecule has 0 spiro atoms. The number of para-hydroxylation sites is 1. The second-order valence-electron chi connectivity index (χ2n) is 4.21. The predicted molar refractivity (Wildman–Crippen MR) is 75.2 cm³/mol. The second-order valence-corrected chi connectivity index (χ2v) is 6.23. The zero-order valence-electron chi connectivity index (χ0n) is 10.7. The molecule has 0 bridgehead atoms. The molecule has 0 unspecified atom stereocenters. The molecule has 0 aliphatic heterocycles. The average Bonchev–Trinajstić information content (AvgIpc) is 2.38. The van der Waals surface area contributed by atoms with Crippen molar-refractivity contribution in [3.63, 3.8) is 0 Å². The van der Waals surface area contributed by atoms with Crippen LogP contribution in [0.4, 0.5) is 4.79 Å². The third kappa shape index (κ3) is 3.16. The summed E-state index contributed by atoms with van der Waals surface area (Å²) in [6, 6.07) is 13.2. The van der Waals surface area contributed by atoms with Gasteiger partial charge in [0.15, 0.2) is 9.84 Å². The van der Waals surface area contributed by atoms with Crippen LogP contribution in [0.15, 0.2) is 53.4 Å². The van der Waals surface area contributed by atoms with E-state index in [2.05, 4.69) is 0 Å². The van der Waals surface area contributed by atoms with Crippen molar-refractivity contribution in [2.45, 2.75) is 4.90 Å². The monoisotopic (exact) mass is 291 g/mol. The molecular formula is C14H13NO4S.